The van der Waals surface area contributed by atoms with Crippen molar-refractivity contribution in [1.82, 2.24) is 15.5 Å². The first kappa shape index (κ1) is 23.4. The van der Waals surface area contributed by atoms with Crippen molar-refractivity contribution in [2.24, 2.45) is 4.99 Å². The van der Waals surface area contributed by atoms with Crippen LogP contribution in [0.15, 0.2) is 59.6 Å². The fraction of sp³-hybridized carbons (Fsp3) is 0.409. The Kier molecular flexibility index (Phi) is 11.8. The highest BCUT2D eigenvalue weighted by Crippen LogP contribution is 2.11. The van der Waals surface area contributed by atoms with Gasteiger partial charge in [0.1, 0.15) is 0 Å². The van der Waals surface area contributed by atoms with E-state index in [1.54, 1.807) is 0 Å². The summed E-state index contributed by atoms with van der Waals surface area (Å²) in [7, 11) is 4.19. The minimum absolute atomic E-state index is 0. The molecule has 2 aromatic rings. The molecular weight excluding hydrogens is 447 g/mol. The van der Waals surface area contributed by atoms with Crippen molar-refractivity contribution in [1.29, 1.82) is 0 Å². The van der Waals surface area contributed by atoms with E-state index in [1.807, 2.05) is 0 Å². The molecule has 0 radical (unpaired) electrons. The number of aliphatic imine (C=N–C) groups is 1. The lowest BCUT2D eigenvalue weighted by molar-refractivity contribution is 0.401. The first-order valence-electron chi connectivity index (χ1n) is 9.46. The number of nitrogens with one attached hydrogen (secondary N) is 2. The van der Waals surface area contributed by atoms with E-state index in [0.717, 1.165) is 38.4 Å². The van der Waals surface area contributed by atoms with Gasteiger partial charge in [0.2, 0.25) is 0 Å². The largest absolute Gasteiger partial charge is 0.357 e. The number of aryl methyl sites for hydroxylation is 1. The average molecular weight is 480 g/mol. The van der Waals surface area contributed by atoms with E-state index >= 15 is 0 Å². The van der Waals surface area contributed by atoms with Gasteiger partial charge in [-0.2, -0.15) is 0 Å². The number of hydrogen-bond donors (Lipinski definition) is 2. The first-order valence-corrected chi connectivity index (χ1v) is 9.46. The third-order valence-electron chi connectivity index (χ3n) is 4.13. The topological polar surface area (TPSA) is 39.7 Å². The van der Waals surface area contributed by atoms with Gasteiger partial charge in [0.25, 0.3) is 0 Å². The summed E-state index contributed by atoms with van der Waals surface area (Å²) in [6, 6.07) is 19.2. The molecule has 0 bridgehead atoms. The van der Waals surface area contributed by atoms with Crippen LogP contribution in [0.25, 0.3) is 0 Å². The van der Waals surface area contributed by atoms with Crippen LogP contribution in [-0.4, -0.2) is 38.0 Å². The summed E-state index contributed by atoms with van der Waals surface area (Å²) in [6.07, 6.45) is 2.17. The van der Waals surface area contributed by atoms with Crippen molar-refractivity contribution in [2.45, 2.75) is 32.9 Å². The second-order valence-electron chi connectivity index (χ2n) is 6.72. The summed E-state index contributed by atoms with van der Waals surface area (Å²) in [4.78, 5) is 6.96. The van der Waals surface area contributed by atoms with Crippen LogP contribution in [0.1, 0.15) is 30.0 Å². The maximum atomic E-state index is 4.77. The molecule has 0 heterocycles. The number of rotatable bonds is 9. The third kappa shape index (κ3) is 9.24. The zero-order valence-corrected chi connectivity index (χ0v) is 19.1. The van der Waals surface area contributed by atoms with E-state index in [9.17, 15) is 0 Å². The Balaban J connectivity index is 0.00000364. The van der Waals surface area contributed by atoms with Crippen molar-refractivity contribution in [3.8, 4) is 0 Å². The molecule has 2 aromatic carbocycles. The Bertz CT molecular complexity index is 671. The first-order chi connectivity index (χ1) is 12.7. The molecule has 0 aliphatic carbocycles. The van der Waals surface area contributed by atoms with Crippen LogP contribution in [0.4, 0.5) is 0 Å². The molecule has 27 heavy (non-hydrogen) atoms. The maximum Gasteiger partial charge on any atom is 0.191 e. The summed E-state index contributed by atoms with van der Waals surface area (Å²) < 4.78 is 0. The van der Waals surface area contributed by atoms with Crippen molar-refractivity contribution >= 4 is 29.9 Å². The van der Waals surface area contributed by atoms with Crippen LogP contribution in [0.2, 0.25) is 0 Å². The standard InChI is InChI=1S/C22H32N4.HI/c1-4-23-22(24-16-10-13-19-11-6-5-7-12-19)25-17-20-14-8-9-15-21(20)18-26(2)3;/h5-9,11-12,14-15H,4,10,13,16-18H2,1-3H3,(H2,23,24,25);1H. The highest BCUT2D eigenvalue weighted by Gasteiger charge is 2.03. The van der Waals surface area contributed by atoms with Crippen molar-refractivity contribution < 1.29 is 0 Å². The smallest absolute Gasteiger partial charge is 0.191 e. The molecule has 0 atom stereocenters. The van der Waals surface area contributed by atoms with Crippen LogP contribution < -0.4 is 10.6 Å². The molecule has 148 valence electrons. The highest BCUT2D eigenvalue weighted by molar-refractivity contribution is 14.0. The quantitative estimate of drug-likeness (QED) is 0.246. The monoisotopic (exact) mass is 480 g/mol. The minimum Gasteiger partial charge on any atom is -0.357 e. The van der Waals surface area contributed by atoms with E-state index in [-0.39, 0.29) is 24.0 Å². The number of nitrogens with zero attached hydrogens (tertiary/aromatic N) is 2. The molecule has 0 saturated carbocycles. The molecule has 0 amide bonds. The summed E-state index contributed by atoms with van der Waals surface area (Å²) in [5, 5.41) is 6.79. The predicted octanol–water partition coefficient (Wildman–Crippen LogP) is 4.05. The van der Waals surface area contributed by atoms with E-state index in [4.69, 9.17) is 4.99 Å². The van der Waals surface area contributed by atoms with Crippen molar-refractivity contribution in [3.63, 3.8) is 0 Å². The van der Waals surface area contributed by atoms with Crippen LogP contribution >= 0.6 is 24.0 Å². The lowest BCUT2D eigenvalue weighted by atomic mass is 10.1. The molecule has 4 nitrogen and oxygen atoms in total. The van der Waals surface area contributed by atoms with Gasteiger partial charge in [-0.1, -0.05) is 54.6 Å². The molecule has 0 saturated heterocycles. The lowest BCUT2D eigenvalue weighted by Gasteiger charge is -2.14. The molecule has 0 aromatic heterocycles. The minimum atomic E-state index is 0. The van der Waals surface area contributed by atoms with Gasteiger partial charge in [0, 0.05) is 19.6 Å². The molecule has 0 aliphatic rings. The summed E-state index contributed by atoms with van der Waals surface area (Å²) in [6.45, 7) is 5.51. The molecule has 2 rings (SSSR count). The van der Waals surface area contributed by atoms with Gasteiger partial charge in [-0.25, -0.2) is 4.99 Å². The Morgan fingerprint density at radius 2 is 1.59 bits per heavy atom. The Morgan fingerprint density at radius 3 is 2.26 bits per heavy atom. The SMILES string of the molecule is CCNC(=NCc1ccccc1CN(C)C)NCCCc1ccccc1.I. The van der Waals surface area contributed by atoms with Gasteiger partial charge in [0.05, 0.1) is 6.54 Å². The maximum absolute atomic E-state index is 4.77. The van der Waals surface area contributed by atoms with E-state index in [2.05, 4.69) is 91.1 Å². The van der Waals surface area contributed by atoms with E-state index in [0.29, 0.717) is 6.54 Å². The average Bonchev–Trinajstić information content (AvgIpc) is 2.64. The molecule has 0 aliphatic heterocycles. The predicted molar refractivity (Wildman–Crippen MR) is 127 cm³/mol. The zero-order valence-electron chi connectivity index (χ0n) is 16.7. The van der Waals surface area contributed by atoms with Crippen molar-refractivity contribution in [3.05, 3.63) is 71.3 Å². The second-order valence-corrected chi connectivity index (χ2v) is 6.72. The number of hydrogen-bond acceptors (Lipinski definition) is 2. The fourth-order valence-electron chi connectivity index (χ4n) is 2.86. The molecular formula is C22H33IN4. The lowest BCUT2D eigenvalue weighted by Crippen LogP contribution is -2.37. The van der Waals surface area contributed by atoms with Crippen LogP contribution in [0, 0.1) is 0 Å². The Labute approximate surface area is 181 Å². The van der Waals surface area contributed by atoms with E-state index < -0.39 is 0 Å². The molecule has 0 spiro atoms. The van der Waals surface area contributed by atoms with Crippen molar-refractivity contribution in [2.75, 3.05) is 27.2 Å². The summed E-state index contributed by atoms with van der Waals surface area (Å²) >= 11 is 0. The zero-order chi connectivity index (χ0) is 18.6. The third-order valence-corrected chi connectivity index (χ3v) is 4.13. The summed E-state index contributed by atoms with van der Waals surface area (Å²) in [5.74, 6) is 0.889. The van der Waals surface area contributed by atoms with Gasteiger partial charge >= 0.3 is 0 Å². The molecule has 0 unspecified atom stereocenters. The van der Waals surface area contributed by atoms with Gasteiger partial charge in [-0.3, -0.25) is 0 Å². The normalized spacial score (nSPS) is 11.2. The highest BCUT2D eigenvalue weighted by atomic mass is 127. The van der Waals surface area contributed by atoms with Gasteiger partial charge in [-0.15, -0.1) is 24.0 Å². The Hall–Kier alpha value is -1.60. The van der Waals surface area contributed by atoms with E-state index in [1.165, 1.54) is 16.7 Å². The van der Waals surface area contributed by atoms with Crippen LogP contribution in [0.3, 0.4) is 0 Å². The van der Waals surface area contributed by atoms with Gasteiger partial charge < -0.3 is 15.5 Å². The van der Waals surface area contributed by atoms with Crippen LogP contribution in [0.5, 0.6) is 0 Å². The summed E-state index contributed by atoms with van der Waals surface area (Å²) in [5.41, 5.74) is 4.00. The number of guanidine groups is 1. The van der Waals surface area contributed by atoms with Gasteiger partial charge in [-0.05, 0) is 50.6 Å². The fourth-order valence-corrected chi connectivity index (χ4v) is 2.86. The number of benzene rings is 2. The molecule has 5 heteroatoms. The molecule has 0 fully saturated rings. The Morgan fingerprint density at radius 1 is 0.926 bits per heavy atom. The molecule has 2 N–H and O–H groups in total. The van der Waals surface area contributed by atoms with Gasteiger partial charge in [0.15, 0.2) is 5.96 Å². The number of halogens is 1. The van der Waals surface area contributed by atoms with Crippen LogP contribution in [-0.2, 0) is 19.5 Å². The second kappa shape index (κ2) is 13.6.